The minimum absolute atomic E-state index is 0.0952. The number of unbranched alkanes of at least 4 members (excludes halogenated alkanes) is 3. The zero-order valence-corrected chi connectivity index (χ0v) is 16.5. The standard InChI is InChI=1S/C22H37NO2/c1-4-10-19(2)14-15-20(3)11-7-5-6-8-13-22(24)25-18-21-12-9-16-23-17-21/h9,12,16-17,19-20H,4-8,10-11,13-15,18H2,1-3H3. The highest BCUT2D eigenvalue weighted by Gasteiger charge is 2.07. The topological polar surface area (TPSA) is 39.2 Å². The average Bonchev–Trinajstić information content (AvgIpc) is 2.62. The summed E-state index contributed by atoms with van der Waals surface area (Å²) in [6, 6.07) is 3.78. The summed E-state index contributed by atoms with van der Waals surface area (Å²) in [6.07, 6.45) is 15.3. The van der Waals surface area contributed by atoms with Crippen molar-refractivity contribution in [3.8, 4) is 0 Å². The van der Waals surface area contributed by atoms with Crippen molar-refractivity contribution < 1.29 is 9.53 Å². The molecule has 0 aliphatic heterocycles. The smallest absolute Gasteiger partial charge is 0.306 e. The highest BCUT2D eigenvalue weighted by Crippen LogP contribution is 2.20. The van der Waals surface area contributed by atoms with E-state index in [1.54, 1.807) is 12.4 Å². The normalized spacial score (nSPS) is 13.4. The second kappa shape index (κ2) is 13.9. The fourth-order valence-electron chi connectivity index (χ4n) is 3.19. The summed E-state index contributed by atoms with van der Waals surface area (Å²) in [5, 5.41) is 0. The van der Waals surface area contributed by atoms with E-state index in [-0.39, 0.29) is 5.97 Å². The van der Waals surface area contributed by atoms with E-state index < -0.39 is 0 Å². The number of hydrogen-bond donors (Lipinski definition) is 0. The lowest BCUT2D eigenvalue weighted by Crippen LogP contribution is -2.04. The Kier molecular flexibility index (Phi) is 12.0. The van der Waals surface area contributed by atoms with Gasteiger partial charge in [-0.3, -0.25) is 9.78 Å². The number of aromatic nitrogens is 1. The van der Waals surface area contributed by atoms with E-state index in [4.69, 9.17) is 4.74 Å². The molecule has 0 aromatic carbocycles. The molecule has 0 radical (unpaired) electrons. The van der Waals surface area contributed by atoms with Gasteiger partial charge >= 0.3 is 5.97 Å². The molecular weight excluding hydrogens is 310 g/mol. The van der Waals surface area contributed by atoms with Gasteiger partial charge in [0, 0.05) is 24.4 Å². The zero-order chi connectivity index (χ0) is 18.3. The molecular formula is C22H37NO2. The van der Waals surface area contributed by atoms with Crippen LogP contribution in [-0.2, 0) is 16.1 Å². The lowest BCUT2D eigenvalue weighted by Gasteiger charge is -2.14. The van der Waals surface area contributed by atoms with Gasteiger partial charge in [-0.1, -0.05) is 78.2 Å². The summed E-state index contributed by atoms with van der Waals surface area (Å²) in [5.74, 6) is 1.62. The van der Waals surface area contributed by atoms with Crippen LogP contribution in [0.25, 0.3) is 0 Å². The second-order valence-electron chi connectivity index (χ2n) is 7.55. The van der Waals surface area contributed by atoms with E-state index in [1.165, 1.54) is 44.9 Å². The number of esters is 1. The molecule has 2 atom stereocenters. The van der Waals surface area contributed by atoms with Crippen molar-refractivity contribution in [1.82, 2.24) is 4.98 Å². The molecule has 0 saturated carbocycles. The van der Waals surface area contributed by atoms with Crippen LogP contribution in [0.1, 0.15) is 90.5 Å². The van der Waals surface area contributed by atoms with Gasteiger partial charge in [-0.15, -0.1) is 0 Å². The first-order chi connectivity index (χ1) is 12.1. The monoisotopic (exact) mass is 347 g/mol. The molecule has 1 aromatic rings. The predicted octanol–water partition coefficient (Wildman–Crippen LogP) is 6.32. The van der Waals surface area contributed by atoms with Gasteiger partial charge in [-0.25, -0.2) is 0 Å². The highest BCUT2D eigenvalue weighted by atomic mass is 16.5. The molecule has 0 bridgehead atoms. The second-order valence-corrected chi connectivity index (χ2v) is 7.55. The van der Waals surface area contributed by atoms with E-state index in [9.17, 15) is 4.79 Å². The van der Waals surface area contributed by atoms with E-state index in [0.717, 1.165) is 30.2 Å². The quantitative estimate of drug-likeness (QED) is 0.292. The van der Waals surface area contributed by atoms with Crippen molar-refractivity contribution in [2.45, 2.75) is 91.6 Å². The minimum atomic E-state index is -0.0952. The number of carbonyl (C=O) groups excluding carboxylic acids is 1. The van der Waals surface area contributed by atoms with Gasteiger partial charge < -0.3 is 4.74 Å². The molecule has 0 N–H and O–H groups in total. The fourth-order valence-corrected chi connectivity index (χ4v) is 3.19. The Hall–Kier alpha value is -1.38. The average molecular weight is 348 g/mol. The SMILES string of the molecule is CCCC(C)CCC(C)CCCCCCC(=O)OCc1cccnc1. The van der Waals surface area contributed by atoms with Crippen molar-refractivity contribution >= 4 is 5.97 Å². The van der Waals surface area contributed by atoms with Gasteiger partial charge in [0.05, 0.1) is 0 Å². The summed E-state index contributed by atoms with van der Waals surface area (Å²) in [6.45, 7) is 7.37. The van der Waals surface area contributed by atoms with Crippen LogP contribution in [0.15, 0.2) is 24.5 Å². The summed E-state index contributed by atoms with van der Waals surface area (Å²) in [4.78, 5) is 15.7. The maximum absolute atomic E-state index is 11.7. The van der Waals surface area contributed by atoms with Crippen molar-refractivity contribution in [2.24, 2.45) is 11.8 Å². The largest absolute Gasteiger partial charge is 0.461 e. The van der Waals surface area contributed by atoms with Crippen LogP contribution >= 0.6 is 0 Å². The summed E-state index contributed by atoms with van der Waals surface area (Å²) >= 11 is 0. The number of nitrogens with zero attached hydrogens (tertiary/aromatic N) is 1. The number of hydrogen-bond acceptors (Lipinski definition) is 3. The number of rotatable bonds is 14. The van der Waals surface area contributed by atoms with E-state index in [2.05, 4.69) is 25.8 Å². The molecule has 3 nitrogen and oxygen atoms in total. The first-order valence-corrected chi connectivity index (χ1v) is 10.2. The Labute approximate surface area is 154 Å². The van der Waals surface area contributed by atoms with Crippen LogP contribution in [0.5, 0.6) is 0 Å². The molecule has 142 valence electrons. The molecule has 0 amide bonds. The van der Waals surface area contributed by atoms with Crippen LogP contribution in [0.2, 0.25) is 0 Å². The molecule has 0 saturated heterocycles. The van der Waals surface area contributed by atoms with E-state index >= 15 is 0 Å². The molecule has 0 fully saturated rings. The third kappa shape index (κ3) is 11.7. The molecule has 0 spiro atoms. The molecule has 2 unspecified atom stereocenters. The Balaban J connectivity index is 1.94. The first-order valence-electron chi connectivity index (χ1n) is 10.2. The van der Waals surface area contributed by atoms with Crippen LogP contribution in [0.4, 0.5) is 0 Å². The van der Waals surface area contributed by atoms with Gasteiger partial charge in [0.25, 0.3) is 0 Å². The first kappa shape index (κ1) is 21.7. The van der Waals surface area contributed by atoms with Crippen molar-refractivity contribution in [3.63, 3.8) is 0 Å². The van der Waals surface area contributed by atoms with Crippen LogP contribution < -0.4 is 0 Å². The number of carbonyl (C=O) groups is 1. The molecule has 1 aromatic heterocycles. The predicted molar refractivity (Wildman–Crippen MR) is 104 cm³/mol. The lowest BCUT2D eigenvalue weighted by molar-refractivity contribution is -0.145. The van der Waals surface area contributed by atoms with Crippen LogP contribution in [-0.4, -0.2) is 11.0 Å². The summed E-state index contributed by atoms with van der Waals surface area (Å²) in [5.41, 5.74) is 0.943. The van der Waals surface area contributed by atoms with Crippen molar-refractivity contribution in [3.05, 3.63) is 30.1 Å². The highest BCUT2D eigenvalue weighted by molar-refractivity contribution is 5.69. The van der Waals surface area contributed by atoms with E-state index in [1.807, 2.05) is 12.1 Å². The summed E-state index contributed by atoms with van der Waals surface area (Å²) in [7, 11) is 0. The molecule has 25 heavy (non-hydrogen) atoms. The Morgan fingerprint density at radius 1 is 1.04 bits per heavy atom. The maximum atomic E-state index is 11.7. The van der Waals surface area contributed by atoms with Crippen LogP contribution in [0.3, 0.4) is 0 Å². The maximum Gasteiger partial charge on any atom is 0.306 e. The minimum Gasteiger partial charge on any atom is -0.461 e. The van der Waals surface area contributed by atoms with Gasteiger partial charge in [0.1, 0.15) is 6.61 Å². The van der Waals surface area contributed by atoms with Gasteiger partial charge in [-0.2, -0.15) is 0 Å². The molecule has 3 heteroatoms. The van der Waals surface area contributed by atoms with Gasteiger partial charge in [0.15, 0.2) is 0 Å². The Morgan fingerprint density at radius 3 is 2.44 bits per heavy atom. The van der Waals surface area contributed by atoms with Crippen LogP contribution in [0, 0.1) is 11.8 Å². The number of pyridine rings is 1. The Bertz CT molecular complexity index is 447. The molecule has 1 heterocycles. The number of ether oxygens (including phenoxy) is 1. The summed E-state index contributed by atoms with van der Waals surface area (Å²) < 4.78 is 5.27. The van der Waals surface area contributed by atoms with Gasteiger partial charge in [0.2, 0.25) is 0 Å². The molecule has 1 rings (SSSR count). The van der Waals surface area contributed by atoms with E-state index in [0.29, 0.717) is 13.0 Å². The van der Waals surface area contributed by atoms with Crippen molar-refractivity contribution in [1.29, 1.82) is 0 Å². The lowest BCUT2D eigenvalue weighted by atomic mass is 9.92. The third-order valence-electron chi connectivity index (χ3n) is 4.88. The molecule has 0 aliphatic carbocycles. The van der Waals surface area contributed by atoms with Gasteiger partial charge in [-0.05, 0) is 24.3 Å². The zero-order valence-electron chi connectivity index (χ0n) is 16.5. The third-order valence-corrected chi connectivity index (χ3v) is 4.88. The Morgan fingerprint density at radius 2 is 1.76 bits per heavy atom. The van der Waals surface area contributed by atoms with Crippen molar-refractivity contribution in [2.75, 3.05) is 0 Å². The fraction of sp³-hybridized carbons (Fsp3) is 0.727. The molecule has 0 aliphatic rings.